The molecule has 3 saturated carbocycles. The van der Waals surface area contributed by atoms with Crippen LogP contribution in [0.2, 0.25) is 0 Å². The maximum absolute atomic E-state index is 14.2. The summed E-state index contributed by atoms with van der Waals surface area (Å²) >= 11 is 0. The number of carbonyl (C=O) groups is 1. The number of amides is 1. The normalized spacial score (nSPS) is 28.1. The maximum Gasteiger partial charge on any atom is 0.240 e. The van der Waals surface area contributed by atoms with Gasteiger partial charge < -0.3 is 25.2 Å². The number of nitrogens with one attached hydrogen (secondary N) is 1. The first-order valence-corrected chi connectivity index (χ1v) is 19.5. The van der Waals surface area contributed by atoms with Crippen LogP contribution < -0.4 is 10.1 Å². The van der Waals surface area contributed by atoms with Gasteiger partial charge in [-0.15, -0.1) is 0 Å². The predicted octanol–water partition coefficient (Wildman–Crippen LogP) is 5.89. The van der Waals surface area contributed by atoms with Crippen molar-refractivity contribution >= 4 is 5.91 Å². The second kappa shape index (κ2) is 17.6. The zero-order valence-electron chi connectivity index (χ0n) is 33.0. The van der Waals surface area contributed by atoms with E-state index in [9.17, 15) is 15.0 Å². The molecule has 1 heterocycles. The van der Waals surface area contributed by atoms with Gasteiger partial charge in [0.15, 0.2) is 0 Å². The third-order valence-corrected chi connectivity index (χ3v) is 12.3. The van der Waals surface area contributed by atoms with Crippen LogP contribution in [0.1, 0.15) is 77.5 Å². The van der Waals surface area contributed by atoms with Gasteiger partial charge in [-0.2, -0.15) is 5.06 Å². The fourth-order valence-electron chi connectivity index (χ4n) is 9.49. The number of fused-ring (bicyclic) bond motifs is 2. The molecule has 2 aromatic carbocycles. The number of hydroxylamine groups is 2. The summed E-state index contributed by atoms with van der Waals surface area (Å²) in [7, 11) is 4.27. The Morgan fingerprint density at radius 3 is 2.48 bits per heavy atom. The molecule has 288 valence electrons. The van der Waals surface area contributed by atoms with Gasteiger partial charge >= 0.3 is 0 Å². The van der Waals surface area contributed by atoms with Crippen LogP contribution in [0.25, 0.3) is 0 Å². The van der Waals surface area contributed by atoms with Crippen molar-refractivity contribution < 1.29 is 24.6 Å². The van der Waals surface area contributed by atoms with E-state index in [0.717, 1.165) is 49.4 Å². The van der Waals surface area contributed by atoms with E-state index in [4.69, 9.17) is 9.57 Å². The number of benzene rings is 2. The fraction of sp³-hybridized carbons (Fsp3) is 0.651. The van der Waals surface area contributed by atoms with Crippen LogP contribution in [0.15, 0.2) is 61.2 Å². The van der Waals surface area contributed by atoms with Crippen LogP contribution in [-0.2, 0) is 29.3 Å². The van der Waals surface area contributed by atoms with Crippen molar-refractivity contribution in [2.24, 2.45) is 35.0 Å². The van der Waals surface area contributed by atoms with E-state index in [2.05, 4.69) is 107 Å². The molecule has 2 bridgehead atoms. The van der Waals surface area contributed by atoms with Gasteiger partial charge in [-0.1, -0.05) is 89.7 Å². The number of ether oxygens (including phenoxy) is 1. The number of hydrogen-bond acceptors (Lipinski definition) is 8. The Hall–Kier alpha value is -2.79. The molecular weight excluding hydrogens is 652 g/mol. The van der Waals surface area contributed by atoms with Gasteiger partial charge in [-0.25, -0.2) is 0 Å². The summed E-state index contributed by atoms with van der Waals surface area (Å²) in [4.78, 5) is 25.3. The molecule has 9 heteroatoms. The van der Waals surface area contributed by atoms with Crippen molar-refractivity contribution in [1.29, 1.82) is 0 Å². The molecule has 1 amide bonds. The minimum absolute atomic E-state index is 0.0940. The van der Waals surface area contributed by atoms with Crippen LogP contribution in [0, 0.1) is 35.0 Å². The van der Waals surface area contributed by atoms with Crippen LogP contribution in [0.5, 0.6) is 5.75 Å². The zero-order valence-corrected chi connectivity index (χ0v) is 33.0. The first-order chi connectivity index (χ1) is 24.7. The van der Waals surface area contributed by atoms with Crippen molar-refractivity contribution in [3.8, 4) is 5.75 Å². The summed E-state index contributed by atoms with van der Waals surface area (Å²) in [6, 6.07) is 16.4. The molecule has 1 saturated heterocycles. The zero-order chi connectivity index (χ0) is 37.7. The van der Waals surface area contributed by atoms with Gasteiger partial charge in [-0.05, 0) is 86.6 Å². The number of aliphatic hydroxyl groups excluding tert-OH is 2. The number of para-hydroxylation sites is 1. The number of aliphatic hydroxyl groups is 2. The Morgan fingerprint density at radius 2 is 1.85 bits per heavy atom. The first kappa shape index (κ1) is 40.4. The van der Waals surface area contributed by atoms with Gasteiger partial charge in [0.25, 0.3) is 0 Å². The van der Waals surface area contributed by atoms with E-state index in [1.165, 1.54) is 12.0 Å². The molecule has 9 nitrogen and oxygen atoms in total. The van der Waals surface area contributed by atoms with E-state index in [0.29, 0.717) is 48.3 Å². The van der Waals surface area contributed by atoms with Crippen LogP contribution >= 0.6 is 0 Å². The van der Waals surface area contributed by atoms with Crippen molar-refractivity contribution in [3.63, 3.8) is 0 Å². The maximum atomic E-state index is 14.2. The summed E-state index contributed by atoms with van der Waals surface area (Å²) in [5, 5.41) is 26.3. The SMILES string of the molecule is C=CCOc1ccccc1CN(Cc1cccc(CN2O[C@@H](CO)[C@@H]([C@H](C)O)[C@H]2C(=O)N[C@H]2C[C@H]3C[C@@H]([C@@H]2C)C3(C)C)c1)[C@@H](CC(C)C)CN(C)C. The van der Waals surface area contributed by atoms with E-state index in [-0.39, 0.29) is 18.6 Å². The lowest BCUT2D eigenvalue weighted by molar-refractivity contribution is -0.183. The summed E-state index contributed by atoms with van der Waals surface area (Å²) in [6.07, 6.45) is 3.53. The number of nitrogens with zero attached hydrogens (tertiary/aromatic N) is 3. The van der Waals surface area contributed by atoms with Crippen LogP contribution in [0.4, 0.5) is 0 Å². The highest BCUT2D eigenvalue weighted by molar-refractivity contribution is 5.82. The molecule has 6 rings (SSSR count). The molecule has 0 spiro atoms. The highest BCUT2D eigenvalue weighted by Crippen LogP contribution is 2.61. The highest BCUT2D eigenvalue weighted by atomic mass is 16.7. The molecule has 0 unspecified atom stereocenters. The topological polar surface area (TPSA) is 97.7 Å². The van der Waals surface area contributed by atoms with Gasteiger partial charge in [-0.3, -0.25) is 14.5 Å². The summed E-state index contributed by atoms with van der Waals surface area (Å²) in [5.41, 5.74) is 3.63. The lowest BCUT2D eigenvalue weighted by Gasteiger charge is -2.62. The minimum atomic E-state index is -0.832. The van der Waals surface area contributed by atoms with E-state index >= 15 is 0 Å². The van der Waals surface area contributed by atoms with Gasteiger partial charge in [0.05, 0.1) is 19.3 Å². The van der Waals surface area contributed by atoms with Gasteiger partial charge in [0, 0.05) is 43.2 Å². The smallest absolute Gasteiger partial charge is 0.240 e. The third-order valence-electron chi connectivity index (χ3n) is 12.3. The predicted molar refractivity (Wildman–Crippen MR) is 207 cm³/mol. The molecule has 4 fully saturated rings. The van der Waals surface area contributed by atoms with Gasteiger partial charge in [0.2, 0.25) is 5.91 Å². The van der Waals surface area contributed by atoms with E-state index in [1.807, 2.05) is 12.1 Å². The number of rotatable bonds is 18. The second-order valence-electron chi connectivity index (χ2n) is 17.2. The third kappa shape index (κ3) is 9.28. The Bertz CT molecular complexity index is 1470. The average Bonchev–Trinajstić information content (AvgIpc) is 3.46. The van der Waals surface area contributed by atoms with E-state index < -0.39 is 24.2 Å². The molecule has 3 aliphatic carbocycles. The average molecular weight is 719 g/mol. The molecule has 9 atom stereocenters. The van der Waals surface area contributed by atoms with Crippen molar-refractivity contribution in [2.45, 2.75) is 111 Å². The molecular formula is C43H66N4O5. The second-order valence-corrected chi connectivity index (χ2v) is 17.2. The quantitative estimate of drug-likeness (QED) is 0.164. The molecule has 0 aromatic heterocycles. The van der Waals surface area contributed by atoms with E-state index in [1.54, 1.807) is 18.1 Å². The highest BCUT2D eigenvalue weighted by Gasteiger charge is 2.57. The molecule has 4 aliphatic rings. The lowest BCUT2D eigenvalue weighted by atomic mass is 9.45. The summed E-state index contributed by atoms with van der Waals surface area (Å²) < 4.78 is 6.07. The lowest BCUT2D eigenvalue weighted by Crippen LogP contribution is -2.62. The largest absolute Gasteiger partial charge is 0.489 e. The number of carbonyl (C=O) groups excluding carboxylic acids is 1. The molecule has 1 aliphatic heterocycles. The van der Waals surface area contributed by atoms with Gasteiger partial charge in [0.1, 0.15) is 24.5 Å². The first-order valence-electron chi connectivity index (χ1n) is 19.5. The Labute approximate surface area is 313 Å². The van der Waals surface area contributed by atoms with Crippen LogP contribution in [-0.4, -0.2) is 95.2 Å². The summed E-state index contributed by atoms with van der Waals surface area (Å²) in [5.74, 6) is 2.30. The molecule has 0 radical (unpaired) electrons. The van der Waals surface area contributed by atoms with Crippen molar-refractivity contribution in [2.75, 3.05) is 33.9 Å². The minimum Gasteiger partial charge on any atom is -0.489 e. The number of likely N-dealkylation sites (N-methyl/N-ethyl adjacent to an activating group) is 1. The Kier molecular flexibility index (Phi) is 13.6. The monoisotopic (exact) mass is 719 g/mol. The Morgan fingerprint density at radius 1 is 1.12 bits per heavy atom. The Balaban J connectivity index is 1.38. The van der Waals surface area contributed by atoms with Crippen LogP contribution in [0.3, 0.4) is 0 Å². The molecule has 3 N–H and O–H groups in total. The number of hydrogen-bond donors (Lipinski definition) is 3. The fourth-order valence-corrected chi connectivity index (χ4v) is 9.49. The van der Waals surface area contributed by atoms with Crippen molar-refractivity contribution in [3.05, 3.63) is 77.9 Å². The molecule has 52 heavy (non-hydrogen) atoms. The summed E-state index contributed by atoms with van der Waals surface area (Å²) in [6.45, 7) is 20.0. The standard InChI is InChI=1S/C43H66N4O5/c1-10-18-51-38-17-12-11-16-33(38)25-46(35(19-28(2)3)26-45(8)9)23-31-14-13-15-32(20-31)24-47-41(40(30(5)49)39(27-48)52-47)42(50)44-37-22-34-21-36(29(37)4)43(34,6)7/h10-17,20,28-30,34-37,39-41,48-49H,1,18-19,21-27H2,2-9H3,(H,44,50)/t29-,30-,34+,35-,36-,37-,39-,40+,41-/m0/s1. The van der Waals surface area contributed by atoms with Crippen molar-refractivity contribution in [1.82, 2.24) is 20.2 Å². The molecule has 2 aromatic rings.